The molecule has 1 amide bonds. The number of nitrogens with one attached hydrogen (secondary N) is 3. The number of aliphatic imine (C=N–C) groups is 1. The van der Waals surface area contributed by atoms with Gasteiger partial charge in [-0.25, -0.2) is 0 Å². The van der Waals surface area contributed by atoms with Gasteiger partial charge in [-0.3, -0.25) is 9.79 Å². The average Bonchev–Trinajstić information content (AvgIpc) is 3.30. The summed E-state index contributed by atoms with van der Waals surface area (Å²) in [6.07, 6.45) is 0.845. The molecule has 2 rings (SSSR count). The Morgan fingerprint density at radius 3 is 2.71 bits per heavy atom. The van der Waals surface area contributed by atoms with Crippen molar-refractivity contribution in [3.8, 4) is 0 Å². The molecule has 1 atom stereocenters. The van der Waals surface area contributed by atoms with E-state index in [2.05, 4.69) is 44.7 Å². The first-order chi connectivity index (χ1) is 11.7. The first-order valence-electron chi connectivity index (χ1n) is 7.99. The van der Waals surface area contributed by atoms with Crippen molar-refractivity contribution in [1.29, 1.82) is 0 Å². The van der Waals surface area contributed by atoms with Gasteiger partial charge in [0.2, 0.25) is 0 Å². The van der Waals surface area contributed by atoms with E-state index >= 15 is 0 Å². The second kappa shape index (κ2) is 10.1. The smallest absolute Gasteiger partial charge is 0.261 e. The minimum atomic E-state index is -0.00269. The maximum Gasteiger partial charge on any atom is 0.261 e. The highest BCUT2D eigenvalue weighted by Crippen LogP contribution is 2.16. The fraction of sp³-hybridized carbons (Fsp3) is 0.412. The number of carbonyl (C=O) groups is 1. The zero-order valence-electron chi connectivity index (χ0n) is 14.0. The number of hydrogen-bond acceptors (Lipinski definition) is 4. The first kappa shape index (κ1) is 18.5. The Morgan fingerprint density at radius 2 is 2.04 bits per heavy atom. The molecule has 5 nitrogen and oxygen atoms in total. The molecule has 24 heavy (non-hydrogen) atoms. The molecule has 2 aromatic rings. The lowest BCUT2D eigenvalue weighted by molar-refractivity contribution is 0.0957. The van der Waals surface area contributed by atoms with Crippen molar-refractivity contribution < 1.29 is 4.79 Å². The summed E-state index contributed by atoms with van der Waals surface area (Å²) in [5, 5.41) is 15.7. The molecular formula is C17H24N4OS2. The molecule has 0 bridgehead atoms. The molecule has 130 valence electrons. The van der Waals surface area contributed by atoms with E-state index in [0.717, 1.165) is 30.3 Å². The van der Waals surface area contributed by atoms with E-state index in [1.807, 2.05) is 17.5 Å². The van der Waals surface area contributed by atoms with Crippen molar-refractivity contribution in [1.82, 2.24) is 16.0 Å². The van der Waals surface area contributed by atoms with Gasteiger partial charge in [-0.2, -0.15) is 11.3 Å². The molecule has 3 N–H and O–H groups in total. The topological polar surface area (TPSA) is 65.5 Å². The summed E-state index contributed by atoms with van der Waals surface area (Å²) in [5.41, 5.74) is 1.35. The minimum absolute atomic E-state index is 0.00269. The second-order valence-corrected chi connectivity index (χ2v) is 7.15. The van der Waals surface area contributed by atoms with Crippen LogP contribution in [0.5, 0.6) is 0 Å². The molecule has 0 aliphatic rings. The predicted molar refractivity (Wildman–Crippen MR) is 103 cm³/mol. The fourth-order valence-corrected chi connectivity index (χ4v) is 3.56. The molecule has 2 heterocycles. The number of nitrogens with zero attached hydrogens (tertiary/aromatic N) is 1. The van der Waals surface area contributed by atoms with Crippen LogP contribution in [0.4, 0.5) is 0 Å². The molecule has 1 unspecified atom stereocenters. The molecule has 0 radical (unpaired) electrons. The maximum absolute atomic E-state index is 11.8. The van der Waals surface area contributed by atoms with Crippen LogP contribution in [-0.2, 0) is 0 Å². The Hall–Kier alpha value is -1.86. The molecule has 0 saturated heterocycles. The molecule has 0 aliphatic heterocycles. The van der Waals surface area contributed by atoms with Crippen molar-refractivity contribution >= 4 is 34.5 Å². The molecule has 0 aromatic carbocycles. The van der Waals surface area contributed by atoms with Gasteiger partial charge in [-0.1, -0.05) is 13.0 Å². The van der Waals surface area contributed by atoms with Crippen LogP contribution in [0.25, 0.3) is 0 Å². The zero-order valence-corrected chi connectivity index (χ0v) is 15.7. The standard InChI is InChI=1S/C17H24N4OS2/c1-13(14-6-10-23-12-14)11-21-17(18-2)20-8-4-7-19-16(22)15-5-3-9-24-15/h3,5-6,9-10,12-13H,4,7-8,11H2,1-2H3,(H,19,22)(H2,18,20,21). The van der Waals surface area contributed by atoms with Crippen LogP contribution in [-0.4, -0.2) is 38.5 Å². The molecule has 0 saturated carbocycles. The molecule has 0 fully saturated rings. The minimum Gasteiger partial charge on any atom is -0.356 e. The number of amides is 1. The van der Waals surface area contributed by atoms with Gasteiger partial charge in [0, 0.05) is 26.7 Å². The van der Waals surface area contributed by atoms with Crippen molar-refractivity contribution in [2.45, 2.75) is 19.3 Å². The third kappa shape index (κ3) is 5.98. The van der Waals surface area contributed by atoms with E-state index in [1.54, 1.807) is 18.4 Å². The summed E-state index contributed by atoms with van der Waals surface area (Å²) in [7, 11) is 1.77. The Morgan fingerprint density at radius 1 is 1.21 bits per heavy atom. The van der Waals surface area contributed by atoms with Gasteiger partial charge in [0.25, 0.3) is 5.91 Å². The quantitative estimate of drug-likeness (QED) is 0.383. The van der Waals surface area contributed by atoms with Crippen molar-refractivity contribution in [3.63, 3.8) is 0 Å². The van der Waals surface area contributed by atoms with Gasteiger partial charge < -0.3 is 16.0 Å². The van der Waals surface area contributed by atoms with Gasteiger partial charge in [-0.15, -0.1) is 11.3 Å². The van der Waals surface area contributed by atoms with Crippen molar-refractivity contribution in [3.05, 3.63) is 44.8 Å². The van der Waals surface area contributed by atoms with E-state index in [0.29, 0.717) is 12.5 Å². The SMILES string of the molecule is CN=C(NCCCNC(=O)c1cccs1)NCC(C)c1ccsc1. The van der Waals surface area contributed by atoms with Crippen LogP contribution in [0.3, 0.4) is 0 Å². The van der Waals surface area contributed by atoms with E-state index in [1.165, 1.54) is 16.9 Å². The van der Waals surface area contributed by atoms with Crippen LogP contribution >= 0.6 is 22.7 Å². The van der Waals surface area contributed by atoms with Gasteiger partial charge in [0.15, 0.2) is 5.96 Å². The monoisotopic (exact) mass is 364 g/mol. The van der Waals surface area contributed by atoms with E-state index < -0.39 is 0 Å². The molecule has 0 spiro atoms. The molecule has 2 aromatic heterocycles. The van der Waals surface area contributed by atoms with Crippen LogP contribution in [0, 0.1) is 0 Å². The largest absolute Gasteiger partial charge is 0.356 e. The summed E-state index contributed by atoms with van der Waals surface area (Å²) in [6.45, 7) is 4.44. The van der Waals surface area contributed by atoms with E-state index in [4.69, 9.17) is 0 Å². The number of hydrogen-bond donors (Lipinski definition) is 3. The third-order valence-electron chi connectivity index (χ3n) is 3.59. The van der Waals surface area contributed by atoms with Gasteiger partial charge >= 0.3 is 0 Å². The highest BCUT2D eigenvalue weighted by molar-refractivity contribution is 7.12. The van der Waals surface area contributed by atoms with Gasteiger partial charge in [0.1, 0.15) is 0 Å². The average molecular weight is 365 g/mol. The third-order valence-corrected chi connectivity index (χ3v) is 5.16. The summed E-state index contributed by atoms with van der Waals surface area (Å²) in [4.78, 5) is 16.8. The lowest BCUT2D eigenvalue weighted by atomic mass is 10.1. The Labute approximate surface area is 151 Å². The van der Waals surface area contributed by atoms with Crippen LogP contribution in [0.2, 0.25) is 0 Å². The lowest BCUT2D eigenvalue weighted by Crippen LogP contribution is -2.40. The van der Waals surface area contributed by atoms with E-state index in [-0.39, 0.29) is 5.91 Å². The molecule has 0 aliphatic carbocycles. The fourth-order valence-electron chi connectivity index (χ4n) is 2.14. The van der Waals surface area contributed by atoms with Crippen LogP contribution in [0.1, 0.15) is 34.5 Å². The predicted octanol–water partition coefficient (Wildman–Crippen LogP) is 2.90. The van der Waals surface area contributed by atoms with Crippen LogP contribution in [0.15, 0.2) is 39.3 Å². The Kier molecular flexibility index (Phi) is 7.77. The van der Waals surface area contributed by atoms with Gasteiger partial charge in [-0.05, 0) is 46.2 Å². The lowest BCUT2D eigenvalue weighted by Gasteiger charge is -2.15. The maximum atomic E-state index is 11.8. The highest BCUT2D eigenvalue weighted by Gasteiger charge is 2.07. The number of guanidine groups is 1. The van der Waals surface area contributed by atoms with Crippen molar-refractivity contribution in [2.75, 3.05) is 26.7 Å². The number of thiophene rings is 2. The summed E-state index contributed by atoms with van der Waals surface area (Å²) < 4.78 is 0. The Balaban J connectivity index is 1.59. The summed E-state index contributed by atoms with van der Waals surface area (Å²) in [6, 6.07) is 5.87. The second-order valence-electron chi connectivity index (χ2n) is 5.42. The highest BCUT2D eigenvalue weighted by atomic mass is 32.1. The molecular weight excluding hydrogens is 340 g/mol. The number of rotatable bonds is 8. The zero-order chi connectivity index (χ0) is 17.2. The van der Waals surface area contributed by atoms with Crippen molar-refractivity contribution in [2.24, 2.45) is 4.99 Å². The normalized spacial score (nSPS) is 12.7. The molecule has 7 heteroatoms. The van der Waals surface area contributed by atoms with Gasteiger partial charge in [0.05, 0.1) is 4.88 Å². The van der Waals surface area contributed by atoms with E-state index in [9.17, 15) is 4.79 Å². The first-order valence-corrected chi connectivity index (χ1v) is 9.81. The Bertz CT molecular complexity index is 623. The summed E-state index contributed by atoms with van der Waals surface area (Å²) in [5.74, 6) is 1.23. The van der Waals surface area contributed by atoms with Crippen LogP contribution < -0.4 is 16.0 Å². The number of carbonyl (C=O) groups excluding carboxylic acids is 1. The summed E-state index contributed by atoms with van der Waals surface area (Å²) >= 11 is 3.18.